The van der Waals surface area contributed by atoms with E-state index in [9.17, 15) is 0 Å². The average Bonchev–Trinajstić information content (AvgIpc) is 3.36. The highest BCUT2D eigenvalue weighted by Crippen LogP contribution is 2.19. The molecule has 0 aliphatic carbocycles. The summed E-state index contributed by atoms with van der Waals surface area (Å²) in [4.78, 5) is 13.5. The van der Waals surface area contributed by atoms with Gasteiger partial charge in [0.15, 0.2) is 11.8 Å². The van der Waals surface area contributed by atoms with Crippen LogP contribution in [0.25, 0.3) is 11.5 Å². The van der Waals surface area contributed by atoms with Crippen LogP contribution in [0.3, 0.4) is 0 Å². The van der Waals surface area contributed by atoms with Crippen LogP contribution in [0.4, 0.5) is 0 Å². The number of hydrogen-bond donors (Lipinski definition) is 2. The molecule has 9 heteroatoms. The first kappa shape index (κ1) is 23.8. The quantitative estimate of drug-likeness (QED) is 0.260. The number of aryl methyl sites for hydroxylation is 1. The number of hydrogen-bond acceptors (Lipinski definition) is 6. The third-order valence-corrected chi connectivity index (χ3v) is 4.23. The summed E-state index contributed by atoms with van der Waals surface area (Å²) in [6.07, 6.45) is 2.28. The van der Waals surface area contributed by atoms with Gasteiger partial charge in [-0.25, -0.2) is 9.98 Å². The highest BCUT2D eigenvalue weighted by atomic mass is 127. The molecule has 0 bridgehead atoms. The van der Waals surface area contributed by atoms with Crippen molar-refractivity contribution in [3.05, 3.63) is 53.5 Å². The van der Waals surface area contributed by atoms with E-state index < -0.39 is 0 Å². The minimum atomic E-state index is 0. The molecule has 8 nitrogen and oxygen atoms in total. The van der Waals surface area contributed by atoms with Gasteiger partial charge in [-0.15, -0.1) is 24.0 Å². The van der Waals surface area contributed by atoms with Crippen LogP contribution in [0.15, 0.2) is 44.5 Å². The molecule has 0 unspecified atom stereocenters. The number of nitrogens with one attached hydrogen (secondary N) is 2. The Morgan fingerprint density at radius 3 is 2.57 bits per heavy atom. The van der Waals surface area contributed by atoms with Gasteiger partial charge in [-0.05, 0) is 26.0 Å². The second-order valence-corrected chi connectivity index (χ2v) is 7.08. The standard InChI is InChI=1S/C21H28N6O2.HI/c1-5-22-21(23-11-10-18-26-19(14(2)3)27-29-18)24-12-17-13-28-20(25-17)16-8-6-15(4)7-9-16;/h6-9,13-14H,5,10-12H2,1-4H3,(H2,22,23,24);1H. The van der Waals surface area contributed by atoms with Gasteiger partial charge >= 0.3 is 0 Å². The van der Waals surface area contributed by atoms with E-state index in [0.29, 0.717) is 37.3 Å². The lowest BCUT2D eigenvalue weighted by Crippen LogP contribution is -2.38. The van der Waals surface area contributed by atoms with Gasteiger partial charge in [0.05, 0.1) is 6.54 Å². The summed E-state index contributed by atoms with van der Waals surface area (Å²) in [5, 5.41) is 10.5. The predicted octanol–water partition coefficient (Wildman–Crippen LogP) is 4.07. The zero-order chi connectivity index (χ0) is 20.6. The lowest BCUT2D eigenvalue weighted by molar-refractivity contribution is 0.371. The lowest BCUT2D eigenvalue weighted by Gasteiger charge is -2.09. The first-order valence-electron chi connectivity index (χ1n) is 9.91. The molecule has 2 N–H and O–H groups in total. The first-order chi connectivity index (χ1) is 14.0. The Morgan fingerprint density at radius 2 is 1.90 bits per heavy atom. The minimum Gasteiger partial charge on any atom is -0.444 e. The molecule has 0 amide bonds. The Hall–Kier alpha value is -2.43. The van der Waals surface area contributed by atoms with Gasteiger partial charge in [0, 0.05) is 31.0 Å². The summed E-state index contributed by atoms with van der Waals surface area (Å²) in [6.45, 7) is 9.97. The average molecular weight is 524 g/mol. The number of benzene rings is 1. The number of nitrogens with zero attached hydrogens (tertiary/aromatic N) is 4. The SMILES string of the molecule is CCNC(=NCc1coc(-c2ccc(C)cc2)n1)NCCc1nc(C(C)C)no1.I. The third-order valence-electron chi connectivity index (χ3n) is 4.23. The van der Waals surface area contributed by atoms with Crippen LogP contribution in [0.2, 0.25) is 0 Å². The molecule has 0 spiro atoms. The fourth-order valence-electron chi connectivity index (χ4n) is 2.60. The normalized spacial score (nSPS) is 11.4. The summed E-state index contributed by atoms with van der Waals surface area (Å²) in [6, 6.07) is 8.08. The van der Waals surface area contributed by atoms with Crippen molar-refractivity contribution in [3.63, 3.8) is 0 Å². The minimum absolute atomic E-state index is 0. The van der Waals surface area contributed by atoms with Crippen LogP contribution in [-0.2, 0) is 13.0 Å². The molecule has 3 aromatic rings. The molecule has 0 aliphatic rings. The fourth-order valence-corrected chi connectivity index (χ4v) is 2.60. The summed E-state index contributed by atoms with van der Waals surface area (Å²) in [5.41, 5.74) is 2.93. The van der Waals surface area contributed by atoms with Crippen LogP contribution in [-0.4, -0.2) is 34.2 Å². The Morgan fingerprint density at radius 1 is 1.13 bits per heavy atom. The second-order valence-electron chi connectivity index (χ2n) is 7.08. The molecule has 0 saturated carbocycles. The Bertz CT molecular complexity index is 933. The van der Waals surface area contributed by atoms with E-state index in [-0.39, 0.29) is 29.9 Å². The summed E-state index contributed by atoms with van der Waals surface area (Å²) >= 11 is 0. The molecular weight excluding hydrogens is 495 g/mol. The number of oxazole rings is 1. The molecule has 0 radical (unpaired) electrons. The van der Waals surface area contributed by atoms with Crippen LogP contribution in [0.5, 0.6) is 0 Å². The highest BCUT2D eigenvalue weighted by molar-refractivity contribution is 14.0. The number of rotatable bonds is 8. The van der Waals surface area contributed by atoms with Crippen molar-refractivity contribution in [1.82, 2.24) is 25.8 Å². The Balaban J connectivity index is 0.00000320. The van der Waals surface area contributed by atoms with E-state index in [4.69, 9.17) is 8.94 Å². The van der Waals surface area contributed by atoms with Gasteiger partial charge in [0.1, 0.15) is 12.0 Å². The molecule has 1 aromatic carbocycles. The molecule has 0 saturated heterocycles. The van der Waals surface area contributed by atoms with E-state index >= 15 is 0 Å². The van der Waals surface area contributed by atoms with E-state index in [1.807, 2.05) is 45.0 Å². The topological polar surface area (TPSA) is 101 Å². The summed E-state index contributed by atoms with van der Waals surface area (Å²) in [5.74, 6) is 2.92. The smallest absolute Gasteiger partial charge is 0.228 e. The molecule has 0 atom stereocenters. The van der Waals surface area contributed by atoms with E-state index in [0.717, 1.165) is 23.6 Å². The Labute approximate surface area is 194 Å². The summed E-state index contributed by atoms with van der Waals surface area (Å²) in [7, 11) is 0. The zero-order valence-electron chi connectivity index (χ0n) is 17.8. The highest BCUT2D eigenvalue weighted by Gasteiger charge is 2.10. The molecule has 0 fully saturated rings. The van der Waals surface area contributed by atoms with E-state index in [2.05, 4.69) is 37.7 Å². The van der Waals surface area contributed by atoms with Gasteiger partial charge < -0.3 is 19.6 Å². The van der Waals surface area contributed by atoms with Crippen molar-refractivity contribution in [2.24, 2.45) is 4.99 Å². The van der Waals surface area contributed by atoms with Crippen molar-refractivity contribution in [1.29, 1.82) is 0 Å². The fraction of sp³-hybridized carbons (Fsp3) is 0.429. The molecule has 3 rings (SSSR count). The van der Waals surface area contributed by atoms with Gasteiger partial charge in [0.2, 0.25) is 11.8 Å². The number of aliphatic imine (C=N–C) groups is 1. The van der Waals surface area contributed by atoms with Crippen LogP contribution >= 0.6 is 24.0 Å². The molecule has 30 heavy (non-hydrogen) atoms. The maximum Gasteiger partial charge on any atom is 0.228 e. The van der Waals surface area contributed by atoms with Crippen molar-refractivity contribution < 1.29 is 8.94 Å². The van der Waals surface area contributed by atoms with Crippen molar-refractivity contribution in [3.8, 4) is 11.5 Å². The van der Waals surface area contributed by atoms with Crippen molar-refractivity contribution in [2.75, 3.05) is 13.1 Å². The van der Waals surface area contributed by atoms with Gasteiger partial charge in [0.25, 0.3) is 0 Å². The number of halogens is 1. The Kier molecular flexibility index (Phi) is 9.28. The second kappa shape index (κ2) is 11.7. The molecule has 162 valence electrons. The van der Waals surface area contributed by atoms with Gasteiger partial charge in [-0.1, -0.05) is 36.7 Å². The van der Waals surface area contributed by atoms with Gasteiger partial charge in [-0.3, -0.25) is 0 Å². The molecule has 2 aromatic heterocycles. The third kappa shape index (κ3) is 6.82. The summed E-state index contributed by atoms with van der Waals surface area (Å²) < 4.78 is 10.9. The predicted molar refractivity (Wildman–Crippen MR) is 127 cm³/mol. The lowest BCUT2D eigenvalue weighted by atomic mass is 10.1. The monoisotopic (exact) mass is 524 g/mol. The zero-order valence-corrected chi connectivity index (χ0v) is 20.1. The van der Waals surface area contributed by atoms with Crippen LogP contribution in [0.1, 0.15) is 49.7 Å². The molecular formula is C21H29IN6O2. The van der Waals surface area contributed by atoms with Gasteiger partial charge in [-0.2, -0.15) is 4.98 Å². The van der Waals surface area contributed by atoms with Crippen molar-refractivity contribution >= 4 is 29.9 Å². The van der Waals surface area contributed by atoms with E-state index in [1.165, 1.54) is 5.56 Å². The van der Waals surface area contributed by atoms with Crippen LogP contribution < -0.4 is 10.6 Å². The van der Waals surface area contributed by atoms with Crippen LogP contribution in [0, 0.1) is 6.92 Å². The maximum absolute atomic E-state index is 5.59. The molecule has 0 aliphatic heterocycles. The number of guanidine groups is 1. The maximum atomic E-state index is 5.59. The van der Waals surface area contributed by atoms with E-state index in [1.54, 1.807) is 6.26 Å². The van der Waals surface area contributed by atoms with Crippen molar-refractivity contribution in [2.45, 2.75) is 46.6 Å². The number of aromatic nitrogens is 3. The molecule has 2 heterocycles. The first-order valence-corrected chi connectivity index (χ1v) is 9.91. The largest absolute Gasteiger partial charge is 0.444 e.